The van der Waals surface area contributed by atoms with Gasteiger partial charge in [0.05, 0.1) is 11.2 Å². The van der Waals surface area contributed by atoms with Crippen molar-refractivity contribution in [2.75, 3.05) is 18.1 Å². The van der Waals surface area contributed by atoms with Crippen molar-refractivity contribution in [2.45, 2.75) is 36.7 Å². The summed E-state index contributed by atoms with van der Waals surface area (Å²) >= 11 is 3.05. The fourth-order valence-corrected chi connectivity index (χ4v) is 3.65. The van der Waals surface area contributed by atoms with Gasteiger partial charge in [-0.1, -0.05) is 13.8 Å². The van der Waals surface area contributed by atoms with Crippen LogP contribution in [0.1, 0.15) is 13.8 Å². The van der Waals surface area contributed by atoms with Gasteiger partial charge in [-0.3, -0.25) is 0 Å². The van der Waals surface area contributed by atoms with Gasteiger partial charge >= 0.3 is 0 Å². The van der Waals surface area contributed by atoms with Crippen molar-refractivity contribution >= 4 is 23.5 Å². The summed E-state index contributed by atoms with van der Waals surface area (Å²) in [6, 6.07) is 0. The zero-order valence-electron chi connectivity index (χ0n) is 9.04. The molecule has 0 spiro atoms. The van der Waals surface area contributed by atoms with Crippen LogP contribution in [0.5, 0.6) is 0 Å². The number of hydrogen-bond donors (Lipinski definition) is 4. The van der Waals surface area contributed by atoms with Crippen LogP contribution in [0.2, 0.25) is 0 Å². The van der Waals surface area contributed by atoms with E-state index in [1.165, 1.54) is 23.5 Å². The van der Waals surface area contributed by atoms with E-state index >= 15 is 0 Å². The summed E-state index contributed by atoms with van der Waals surface area (Å²) < 4.78 is -0.170. The fourth-order valence-electron chi connectivity index (χ4n) is 1.07. The van der Waals surface area contributed by atoms with E-state index in [2.05, 4.69) is 0 Å². The van der Waals surface area contributed by atoms with E-state index in [9.17, 15) is 15.3 Å². The Kier molecular flexibility index (Phi) is 8.98. The molecule has 0 heterocycles. The van der Waals surface area contributed by atoms with Crippen LogP contribution in [0.25, 0.3) is 0 Å². The molecule has 0 aliphatic rings. The van der Waals surface area contributed by atoms with E-state index in [4.69, 9.17) is 5.11 Å². The third-order valence-corrected chi connectivity index (χ3v) is 4.57. The molecule has 0 rings (SSSR count). The summed E-state index contributed by atoms with van der Waals surface area (Å²) in [7, 11) is 0. The van der Waals surface area contributed by atoms with Gasteiger partial charge in [0.15, 0.2) is 0 Å². The molecule has 0 saturated carbocycles. The van der Waals surface area contributed by atoms with Crippen LogP contribution in [0.3, 0.4) is 0 Å². The van der Waals surface area contributed by atoms with Crippen LogP contribution in [0.4, 0.5) is 0 Å². The van der Waals surface area contributed by atoms with E-state index in [-0.39, 0.29) is 4.58 Å². The lowest BCUT2D eigenvalue weighted by Crippen LogP contribution is -2.44. The molecular weight excluding hydrogens is 236 g/mol. The lowest BCUT2D eigenvalue weighted by atomic mass is 10.1. The highest BCUT2D eigenvalue weighted by Crippen LogP contribution is 2.28. The summed E-state index contributed by atoms with van der Waals surface area (Å²) in [6.45, 7) is 3.39. The van der Waals surface area contributed by atoms with Gasteiger partial charge in [-0.05, 0) is 11.5 Å². The highest BCUT2D eigenvalue weighted by Gasteiger charge is 2.30. The Hall–Kier alpha value is 0.540. The SMILES string of the molecule is CCSC(SCC)C(O)C(O)C(O)CO. The second kappa shape index (κ2) is 8.66. The highest BCUT2D eigenvalue weighted by molar-refractivity contribution is 8.17. The number of aliphatic hydroxyl groups excluding tert-OH is 4. The maximum absolute atomic E-state index is 9.78. The molecule has 0 amide bonds. The molecular formula is C9H20O4S2. The van der Waals surface area contributed by atoms with Crippen LogP contribution < -0.4 is 0 Å². The Morgan fingerprint density at radius 3 is 1.73 bits per heavy atom. The Morgan fingerprint density at radius 1 is 0.933 bits per heavy atom. The third-order valence-electron chi connectivity index (χ3n) is 1.87. The second-order valence-electron chi connectivity index (χ2n) is 3.01. The van der Waals surface area contributed by atoms with Crippen LogP contribution in [-0.2, 0) is 0 Å². The van der Waals surface area contributed by atoms with Crippen LogP contribution in [-0.4, -0.2) is 61.4 Å². The summed E-state index contributed by atoms with van der Waals surface area (Å²) in [4.78, 5) is 0. The van der Waals surface area contributed by atoms with Gasteiger partial charge < -0.3 is 20.4 Å². The van der Waals surface area contributed by atoms with Crippen molar-refractivity contribution < 1.29 is 20.4 Å². The monoisotopic (exact) mass is 256 g/mol. The quantitative estimate of drug-likeness (QED) is 0.454. The minimum atomic E-state index is -1.29. The lowest BCUT2D eigenvalue weighted by Gasteiger charge is -2.27. The predicted molar refractivity (Wildman–Crippen MR) is 65.2 cm³/mol. The van der Waals surface area contributed by atoms with E-state index in [0.717, 1.165) is 11.5 Å². The molecule has 3 unspecified atom stereocenters. The summed E-state index contributed by atoms with van der Waals surface area (Å²) in [5, 5.41) is 37.2. The molecule has 4 nitrogen and oxygen atoms in total. The van der Waals surface area contributed by atoms with Gasteiger partial charge in [-0.2, -0.15) is 0 Å². The first kappa shape index (κ1) is 15.5. The maximum atomic E-state index is 9.78. The zero-order chi connectivity index (χ0) is 11.8. The van der Waals surface area contributed by atoms with Crippen molar-refractivity contribution in [3.8, 4) is 0 Å². The smallest absolute Gasteiger partial charge is 0.110 e. The number of thioether (sulfide) groups is 2. The first-order valence-corrected chi connectivity index (χ1v) is 7.06. The summed E-state index contributed by atoms with van der Waals surface area (Å²) in [5.41, 5.74) is 0. The average molecular weight is 256 g/mol. The molecule has 0 fully saturated rings. The number of hydrogen-bond acceptors (Lipinski definition) is 6. The molecule has 0 aromatic carbocycles. The van der Waals surface area contributed by atoms with Crippen LogP contribution >= 0.6 is 23.5 Å². The first-order chi connectivity index (χ1) is 7.08. The summed E-state index contributed by atoms with van der Waals surface area (Å²) in [5.74, 6) is 1.66. The lowest BCUT2D eigenvalue weighted by molar-refractivity contribution is -0.0706. The van der Waals surface area contributed by atoms with Crippen LogP contribution in [0, 0.1) is 0 Å². The third kappa shape index (κ3) is 5.42. The van der Waals surface area contributed by atoms with Gasteiger partial charge in [-0.15, -0.1) is 23.5 Å². The molecule has 0 radical (unpaired) electrons. The molecule has 0 aliphatic carbocycles. The molecule has 0 aliphatic heterocycles. The normalized spacial score (nSPS) is 17.8. The van der Waals surface area contributed by atoms with Crippen LogP contribution in [0.15, 0.2) is 0 Å². The topological polar surface area (TPSA) is 80.9 Å². The average Bonchev–Trinajstić information content (AvgIpc) is 2.25. The van der Waals surface area contributed by atoms with E-state index in [1.807, 2.05) is 13.8 Å². The Labute approximate surface area is 99.1 Å². The predicted octanol–water partition coefficient (Wildman–Crippen LogP) is -0.106. The van der Waals surface area contributed by atoms with Crippen molar-refractivity contribution in [2.24, 2.45) is 0 Å². The Morgan fingerprint density at radius 2 is 1.40 bits per heavy atom. The molecule has 15 heavy (non-hydrogen) atoms. The van der Waals surface area contributed by atoms with E-state index in [1.54, 1.807) is 0 Å². The van der Waals surface area contributed by atoms with Gasteiger partial charge in [0.1, 0.15) is 18.3 Å². The fraction of sp³-hybridized carbons (Fsp3) is 1.00. The molecule has 6 heteroatoms. The Balaban J connectivity index is 4.26. The van der Waals surface area contributed by atoms with Crippen molar-refractivity contribution in [3.63, 3.8) is 0 Å². The number of rotatable bonds is 8. The minimum Gasteiger partial charge on any atom is -0.394 e. The van der Waals surface area contributed by atoms with Crippen molar-refractivity contribution in [1.82, 2.24) is 0 Å². The van der Waals surface area contributed by atoms with Gasteiger partial charge in [-0.25, -0.2) is 0 Å². The number of aliphatic hydroxyl groups is 4. The molecule has 0 aromatic heterocycles. The summed E-state index contributed by atoms with van der Waals surface area (Å²) in [6.07, 6.45) is -3.60. The minimum absolute atomic E-state index is 0.170. The second-order valence-corrected chi connectivity index (χ2v) is 6.15. The molecule has 0 saturated heterocycles. The van der Waals surface area contributed by atoms with E-state index in [0.29, 0.717) is 0 Å². The molecule has 4 N–H and O–H groups in total. The molecule has 0 bridgehead atoms. The maximum Gasteiger partial charge on any atom is 0.110 e. The molecule has 0 aromatic rings. The Bertz CT molecular complexity index is 153. The van der Waals surface area contributed by atoms with Crippen molar-refractivity contribution in [3.05, 3.63) is 0 Å². The first-order valence-electron chi connectivity index (χ1n) is 4.96. The highest BCUT2D eigenvalue weighted by atomic mass is 32.2. The van der Waals surface area contributed by atoms with E-state index < -0.39 is 24.9 Å². The molecule has 92 valence electrons. The zero-order valence-corrected chi connectivity index (χ0v) is 10.7. The van der Waals surface area contributed by atoms with Gasteiger partial charge in [0.2, 0.25) is 0 Å². The standard InChI is InChI=1S/C9H20O4S2/c1-3-14-9(15-4-2)8(13)7(12)6(11)5-10/h6-13H,3-5H2,1-2H3. The largest absolute Gasteiger partial charge is 0.394 e. The van der Waals surface area contributed by atoms with Crippen molar-refractivity contribution in [1.29, 1.82) is 0 Å². The molecule has 3 atom stereocenters. The van der Waals surface area contributed by atoms with Gasteiger partial charge in [0, 0.05) is 0 Å². The van der Waals surface area contributed by atoms with Gasteiger partial charge in [0.25, 0.3) is 0 Å².